The highest BCUT2D eigenvalue weighted by Gasteiger charge is 2.17. The van der Waals surface area contributed by atoms with Crippen LogP contribution in [0.15, 0.2) is 0 Å². The van der Waals surface area contributed by atoms with Crippen LogP contribution in [0, 0.1) is 5.92 Å². The monoisotopic (exact) mass is 274 g/mol. The fourth-order valence-electron chi connectivity index (χ4n) is 1.68. The number of rotatable bonds is 10. The zero-order chi connectivity index (χ0) is 14.7. The van der Waals surface area contributed by atoms with Crippen LogP contribution in [0.2, 0.25) is 0 Å². The van der Waals surface area contributed by atoms with Crippen LogP contribution in [0.1, 0.15) is 33.1 Å². The number of aliphatic carboxylic acids is 1. The van der Waals surface area contributed by atoms with Crippen LogP contribution >= 0.6 is 0 Å². The molecule has 2 amide bonds. The van der Waals surface area contributed by atoms with Gasteiger partial charge >= 0.3 is 12.0 Å². The Morgan fingerprint density at radius 2 is 1.95 bits per heavy atom. The Morgan fingerprint density at radius 3 is 2.47 bits per heavy atom. The van der Waals surface area contributed by atoms with Gasteiger partial charge in [0, 0.05) is 26.8 Å². The lowest BCUT2D eigenvalue weighted by Gasteiger charge is -2.23. The number of amides is 2. The van der Waals surface area contributed by atoms with Crippen molar-refractivity contribution in [2.24, 2.45) is 5.92 Å². The van der Waals surface area contributed by atoms with Crippen LogP contribution in [0.5, 0.6) is 0 Å². The third-order valence-electron chi connectivity index (χ3n) is 2.50. The summed E-state index contributed by atoms with van der Waals surface area (Å²) in [6, 6.07) is -0.303. The molecule has 6 heteroatoms. The highest BCUT2D eigenvalue weighted by molar-refractivity contribution is 5.80. The van der Waals surface area contributed by atoms with Crippen LogP contribution in [0.25, 0.3) is 0 Å². The van der Waals surface area contributed by atoms with Gasteiger partial charge in [0.05, 0.1) is 0 Å². The number of carbonyl (C=O) groups is 2. The van der Waals surface area contributed by atoms with Crippen LogP contribution in [0.3, 0.4) is 0 Å². The van der Waals surface area contributed by atoms with Gasteiger partial charge in [-0.25, -0.2) is 4.79 Å². The molecule has 0 aliphatic rings. The number of hydrogen-bond acceptors (Lipinski definition) is 3. The van der Waals surface area contributed by atoms with Crippen LogP contribution in [-0.2, 0) is 9.53 Å². The number of nitrogens with one attached hydrogen (secondary N) is 1. The van der Waals surface area contributed by atoms with Crippen molar-refractivity contribution in [2.75, 3.05) is 33.4 Å². The van der Waals surface area contributed by atoms with E-state index in [9.17, 15) is 9.59 Å². The molecule has 0 aromatic carbocycles. The van der Waals surface area contributed by atoms with Crippen LogP contribution in [-0.4, -0.2) is 55.4 Å². The molecule has 0 aliphatic carbocycles. The number of hydrogen-bond donors (Lipinski definition) is 2. The normalized spacial score (nSPS) is 10.5. The number of nitrogens with zero attached hydrogens (tertiary/aromatic N) is 1. The lowest BCUT2D eigenvalue weighted by molar-refractivity contribution is -0.137. The van der Waals surface area contributed by atoms with Gasteiger partial charge in [-0.3, -0.25) is 4.79 Å². The van der Waals surface area contributed by atoms with E-state index in [1.807, 2.05) is 13.8 Å². The highest BCUT2D eigenvalue weighted by Crippen LogP contribution is 2.00. The molecule has 0 bridgehead atoms. The topological polar surface area (TPSA) is 78.9 Å². The highest BCUT2D eigenvalue weighted by atomic mass is 16.5. The van der Waals surface area contributed by atoms with Gasteiger partial charge in [-0.2, -0.15) is 0 Å². The summed E-state index contributed by atoms with van der Waals surface area (Å²) >= 11 is 0. The third-order valence-corrected chi connectivity index (χ3v) is 2.50. The first-order valence-electron chi connectivity index (χ1n) is 6.70. The summed E-state index contributed by atoms with van der Waals surface area (Å²) in [5, 5.41) is 11.5. The number of urea groups is 1. The van der Waals surface area contributed by atoms with Gasteiger partial charge in [-0.1, -0.05) is 13.8 Å². The zero-order valence-corrected chi connectivity index (χ0v) is 12.1. The van der Waals surface area contributed by atoms with Crippen LogP contribution < -0.4 is 5.32 Å². The second-order valence-corrected chi connectivity index (χ2v) is 4.95. The molecule has 6 nitrogen and oxygen atoms in total. The molecule has 0 heterocycles. The molecule has 0 saturated heterocycles. The Balaban J connectivity index is 3.93. The van der Waals surface area contributed by atoms with Gasteiger partial charge in [-0.05, 0) is 25.2 Å². The first kappa shape index (κ1) is 17.7. The van der Waals surface area contributed by atoms with Crippen molar-refractivity contribution >= 4 is 12.0 Å². The second kappa shape index (κ2) is 10.6. The molecule has 0 rings (SSSR count). The molecule has 112 valence electrons. The Labute approximate surface area is 115 Å². The van der Waals surface area contributed by atoms with E-state index in [1.54, 1.807) is 7.11 Å². The van der Waals surface area contributed by atoms with E-state index in [4.69, 9.17) is 9.84 Å². The van der Waals surface area contributed by atoms with Crippen molar-refractivity contribution in [1.29, 1.82) is 0 Å². The molecule has 0 aliphatic heterocycles. The number of methoxy groups -OCH3 is 1. The Morgan fingerprint density at radius 1 is 1.26 bits per heavy atom. The van der Waals surface area contributed by atoms with Gasteiger partial charge in [0.15, 0.2) is 0 Å². The molecular weight excluding hydrogens is 248 g/mol. The molecule has 0 radical (unpaired) electrons. The lowest BCUT2D eigenvalue weighted by Crippen LogP contribution is -2.44. The molecule has 19 heavy (non-hydrogen) atoms. The summed E-state index contributed by atoms with van der Waals surface area (Å²) in [5.41, 5.74) is 0. The van der Waals surface area contributed by atoms with Gasteiger partial charge in [0.25, 0.3) is 0 Å². The summed E-state index contributed by atoms with van der Waals surface area (Å²) < 4.78 is 4.93. The van der Waals surface area contributed by atoms with Gasteiger partial charge in [0.2, 0.25) is 0 Å². The maximum absolute atomic E-state index is 11.8. The molecule has 0 saturated carbocycles. The Kier molecular flexibility index (Phi) is 9.88. The second-order valence-electron chi connectivity index (χ2n) is 4.95. The van der Waals surface area contributed by atoms with Gasteiger partial charge in [0.1, 0.15) is 6.54 Å². The van der Waals surface area contributed by atoms with Crippen molar-refractivity contribution in [3.63, 3.8) is 0 Å². The van der Waals surface area contributed by atoms with E-state index in [0.29, 0.717) is 13.1 Å². The SMILES string of the molecule is COCCCCCNC(=O)N(CC(=O)O)CC(C)C. The quantitative estimate of drug-likeness (QED) is 0.592. The zero-order valence-electron chi connectivity index (χ0n) is 12.1. The van der Waals surface area contributed by atoms with Crippen LogP contribution in [0.4, 0.5) is 4.79 Å². The number of ether oxygens (including phenoxy) is 1. The number of unbranched alkanes of at least 4 members (excludes halogenated alkanes) is 2. The molecule has 2 N–H and O–H groups in total. The average molecular weight is 274 g/mol. The minimum Gasteiger partial charge on any atom is -0.480 e. The van der Waals surface area contributed by atoms with E-state index in [0.717, 1.165) is 25.9 Å². The first-order valence-corrected chi connectivity index (χ1v) is 6.70. The fourth-order valence-corrected chi connectivity index (χ4v) is 1.68. The maximum Gasteiger partial charge on any atom is 0.323 e. The van der Waals surface area contributed by atoms with Crippen molar-refractivity contribution in [1.82, 2.24) is 10.2 Å². The number of carboxylic acids is 1. The Bertz CT molecular complexity index is 269. The van der Waals surface area contributed by atoms with E-state index in [-0.39, 0.29) is 18.5 Å². The first-order chi connectivity index (χ1) is 8.97. The molecule has 0 aromatic rings. The van der Waals surface area contributed by atoms with Crippen molar-refractivity contribution < 1.29 is 19.4 Å². The van der Waals surface area contributed by atoms with E-state index in [2.05, 4.69) is 5.32 Å². The minimum atomic E-state index is -0.990. The fraction of sp³-hybridized carbons (Fsp3) is 0.846. The van der Waals surface area contributed by atoms with E-state index >= 15 is 0 Å². The maximum atomic E-state index is 11.8. The largest absolute Gasteiger partial charge is 0.480 e. The smallest absolute Gasteiger partial charge is 0.323 e. The lowest BCUT2D eigenvalue weighted by atomic mass is 10.2. The number of carboxylic acid groups (broad SMARTS) is 1. The average Bonchev–Trinajstić information content (AvgIpc) is 2.31. The molecule has 0 atom stereocenters. The summed E-state index contributed by atoms with van der Waals surface area (Å²) in [5.74, 6) is -0.748. The molecule has 0 aromatic heterocycles. The molecule has 0 unspecified atom stereocenters. The summed E-state index contributed by atoms with van der Waals surface area (Å²) in [4.78, 5) is 23.9. The van der Waals surface area contributed by atoms with Gasteiger partial charge in [-0.15, -0.1) is 0 Å². The predicted octanol–water partition coefficient (Wildman–Crippen LogP) is 1.56. The summed E-state index contributed by atoms with van der Waals surface area (Å²) in [6.45, 7) is 5.39. The molecule has 0 fully saturated rings. The standard InChI is InChI=1S/C13H26N2O4/c1-11(2)9-15(10-12(16)17)13(18)14-7-5-4-6-8-19-3/h11H,4-10H2,1-3H3,(H,14,18)(H,16,17). The molecular formula is C13H26N2O4. The van der Waals surface area contributed by atoms with Crippen molar-refractivity contribution in [3.05, 3.63) is 0 Å². The summed E-state index contributed by atoms with van der Waals surface area (Å²) in [7, 11) is 1.66. The predicted molar refractivity (Wildman–Crippen MR) is 73.2 cm³/mol. The van der Waals surface area contributed by atoms with Crippen molar-refractivity contribution in [3.8, 4) is 0 Å². The van der Waals surface area contributed by atoms with Crippen molar-refractivity contribution in [2.45, 2.75) is 33.1 Å². The van der Waals surface area contributed by atoms with Gasteiger partial charge < -0.3 is 20.1 Å². The molecule has 0 spiro atoms. The van der Waals surface area contributed by atoms with E-state index in [1.165, 1.54) is 4.90 Å². The number of carbonyl (C=O) groups excluding carboxylic acids is 1. The van der Waals surface area contributed by atoms with E-state index < -0.39 is 5.97 Å². The minimum absolute atomic E-state index is 0.242. The third kappa shape index (κ3) is 10.3. The summed E-state index contributed by atoms with van der Waals surface area (Å²) in [6.07, 6.45) is 2.83. The Hall–Kier alpha value is -1.30.